The van der Waals surface area contributed by atoms with Crippen LogP contribution in [0.2, 0.25) is 0 Å². The van der Waals surface area contributed by atoms with Gasteiger partial charge in [0.1, 0.15) is 12.4 Å². The fourth-order valence-electron chi connectivity index (χ4n) is 2.27. The molecule has 0 aliphatic carbocycles. The standard InChI is InChI=1S/C16H21NO2/c1-2-9-19-16-6-4-3-5-15(16)13-17-12-14-7-10-18-11-8-14/h1,3-6,14,17H,7-13H2. The Balaban J connectivity index is 1.79. The lowest BCUT2D eigenvalue weighted by Crippen LogP contribution is -2.27. The number of hydrogen-bond acceptors (Lipinski definition) is 3. The van der Waals surface area contributed by atoms with Crippen LogP contribution in [0.4, 0.5) is 0 Å². The number of nitrogens with one attached hydrogen (secondary N) is 1. The summed E-state index contributed by atoms with van der Waals surface area (Å²) in [6.07, 6.45) is 7.53. The Hall–Kier alpha value is -1.50. The van der Waals surface area contributed by atoms with Crippen LogP contribution in [0.1, 0.15) is 18.4 Å². The average molecular weight is 259 g/mol. The molecule has 1 aromatic carbocycles. The number of benzene rings is 1. The van der Waals surface area contributed by atoms with E-state index in [0.29, 0.717) is 6.61 Å². The van der Waals surface area contributed by atoms with E-state index in [1.54, 1.807) is 0 Å². The molecule has 0 atom stereocenters. The summed E-state index contributed by atoms with van der Waals surface area (Å²) >= 11 is 0. The molecule has 0 spiro atoms. The van der Waals surface area contributed by atoms with Crippen molar-refractivity contribution in [2.24, 2.45) is 5.92 Å². The van der Waals surface area contributed by atoms with Gasteiger partial charge in [0, 0.05) is 25.3 Å². The van der Waals surface area contributed by atoms with Crippen LogP contribution in [0, 0.1) is 18.3 Å². The van der Waals surface area contributed by atoms with E-state index >= 15 is 0 Å². The second-order valence-corrected chi connectivity index (χ2v) is 4.79. The van der Waals surface area contributed by atoms with Crippen LogP contribution in [0.25, 0.3) is 0 Å². The first kappa shape index (κ1) is 13.9. The molecular weight excluding hydrogens is 238 g/mol. The first-order valence-corrected chi connectivity index (χ1v) is 6.83. The van der Waals surface area contributed by atoms with Gasteiger partial charge in [0.15, 0.2) is 0 Å². The molecule has 1 saturated heterocycles. The monoisotopic (exact) mass is 259 g/mol. The molecule has 0 saturated carbocycles. The largest absolute Gasteiger partial charge is 0.481 e. The van der Waals surface area contributed by atoms with Crippen LogP contribution in [0.15, 0.2) is 24.3 Å². The minimum atomic E-state index is 0.316. The fourth-order valence-corrected chi connectivity index (χ4v) is 2.27. The summed E-state index contributed by atoms with van der Waals surface area (Å²) in [6.45, 7) is 3.96. The summed E-state index contributed by atoms with van der Waals surface area (Å²) in [5.41, 5.74) is 1.16. The normalized spacial score (nSPS) is 15.9. The van der Waals surface area contributed by atoms with Crippen molar-refractivity contribution in [3.8, 4) is 18.1 Å². The van der Waals surface area contributed by atoms with E-state index in [1.807, 2.05) is 18.2 Å². The van der Waals surface area contributed by atoms with Crippen molar-refractivity contribution in [2.75, 3.05) is 26.4 Å². The summed E-state index contributed by atoms with van der Waals surface area (Å²) in [5, 5.41) is 3.50. The molecule has 1 aliphatic rings. The quantitative estimate of drug-likeness (QED) is 0.795. The minimum absolute atomic E-state index is 0.316. The van der Waals surface area contributed by atoms with Gasteiger partial charge >= 0.3 is 0 Å². The highest BCUT2D eigenvalue weighted by Crippen LogP contribution is 2.18. The van der Waals surface area contributed by atoms with E-state index in [-0.39, 0.29) is 0 Å². The third-order valence-corrected chi connectivity index (χ3v) is 3.37. The van der Waals surface area contributed by atoms with Crippen molar-refractivity contribution in [2.45, 2.75) is 19.4 Å². The van der Waals surface area contributed by atoms with Crippen molar-refractivity contribution in [3.05, 3.63) is 29.8 Å². The summed E-state index contributed by atoms with van der Waals surface area (Å²) in [5.74, 6) is 4.10. The number of para-hydroxylation sites is 1. The molecule has 2 rings (SSSR count). The van der Waals surface area contributed by atoms with E-state index in [2.05, 4.69) is 17.3 Å². The van der Waals surface area contributed by atoms with Gasteiger partial charge in [0.25, 0.3) is 0 Å². The summed E-state index contributed by atoms with van der Waals surface area (Å²) < 4.78 is 10.9. The molecule has 1 aliphatic heterocycles. The molecule has 0 unspecified atom stereocenters. The highest BCUT2D eigenvalue weighted by atomic mass is 16.5. The molecule has 1 aromatic rings. The molecule has 1 N–H and O–H groups in total. The van der Waals surface area contributed by atoms with Gasteiger partial charge in [-0.25, -0.2) is 0 Å². The van der Waals surface area contributed by atoms with Crippen molar-refractivity contribution in [1.82, 2.24) is 5.32 Å². The zero-order chi connectivity index (χ0) is 13.3. The Kier molecular flexibility index (Phi) is 5.74. The Morgan fingerprint density at radius 1 is 1.32 bits per heavy atom. The van der Waals surface area contributed by atoms with Crippen molar-refractivity contribution >= 4 is 0 Å². The van der Waals surface area contributed by atoms with E-state index in [9.17, 15) is 0 Å². The highest BCUT2D eigenvalue weighted by Gasteiger charge is 2.13. The van der Waals surface area contributed by atoms with Crippen LogP contribution in [0.3, 0.4) is 0 Å². The average Bonchev–Trinajstić information content (AvgIpc) is 2.47. The summed E-state index contributed by atoms with van der Waals surface area (Å²) in [7, 11) is 0. The first-order valence-electron chi connectivity index (χ1n) is 6.83. The zero-order valence-electron chi connectivity index (χ0n) is 11.2. The SMILES string of the molecule is C#CCOc1ccccc1CNCC1CCOCC1. The maximum absolute atomic E-state index is 5.53. The van der Waals surface area contributed by atoms with Crippen molar-refractivity contribution in [3.63, 3.8) is 0 Å². The molecular formula is C16H21NO2. The second kappa shape index (κ2) is 7.83. The Morgan fingerprint density at radius 2 is 2.11 bits per heavy atom. The van der Waals surface area contributed by atoms with Gasteiger partial charge in [-0.05, 0) is 31.4 Å². The van der Waals surface area contributed by atoms with Crippen molar-refractivity contribution in [1.29, 1.82) is 0 Å². The smallest absolute Gasteiger partial charge is 0.148 e. The van der Waals surface area contributed by atoms with E-state index in [4.69, 9.17) is 15.9 Å². The number of ether oxygens (including phenoxy) is 2. The van der Waals surface area contributed by atoms with Crippen LogP contribution in [0.5, 0.6) is 5.75 Å². The van der Waals surface area contributed by atoms with Gasteiger partial charge in [-0.2, -0.15) is 0 Å². The van der Waals surface area contributed by atoms with E-state index in [1.165, 1.54) is 0 Å². The van der Waals surface area contributed by atoms with Crippen LogP contribution in [-0.2, 0) is 11.3 Å². The lowest BCUT2D eigenvalue weighted by Gasteiger charge is -2.22. The third kappa shape index (κ3) is 4.59. The van der Waals surface area contributed by atoms with Gasteiger partial charge in [-0.3, -0.25) is 0 Å². The molecule has 102 valence electrons. The van der Waals surface area contributed by atoms with Crippen molar-refractivity contribution < 1.29 is 9.47 Å². The predicted molar refractivity (Wildman–Crippen MR) is 76.0 cm³/mol. The fraction of sp³-hybridized carbons (Fsp3) is 0.500. The maximum atomic E-state index is 5.53. The van der Waals surface area contributed by atoms with E-state index < -0.39 is 0 Å². The first-order chi connectivity index (χ1) is 9.40. The van der Waals surface area contributed by atoms with E-state index in [0.717, 1.165) is 56.4 Å². The Morgan fingerprint density at radius 3 is 2.89 bits per heavy atom. The third-order valence-electron chi connectivity index (χ3n) is 3.37. The molecule has 0 radical (unpaired) electrons. The van der Waals surface area contributed by atoms with Gasteiger partial charge < -0.3 is 14.8 Å². The molecule has 0 bridgehead atoms. The molecule has 19 heavy (non-hydrogen) atoms. The minimum Gasteiger partial charge on any atom is -0.481 e. The van der Waals surface area contributed by atoms with Gasteiger partial charge in [-0.15, -0.1) is 6.42 Å². The molecule has 0 amide bonds. The number of rotatable bonds is 6. The van der Waals surface area contributed by atoms with Gasteiger partial charge in [0.05, 0.1) is 0 Å². The van der Waals surface area contributed by atoms with Gasteiger partial charge in [0.2, 0.25) is 0 Å². The zero-order valence-corrected chi connectivity index (χ0v) is 11.2. The Bertz CT molecular complexity index is 419. The molecule has 1 fully saturated rings. The number of hydrogen-bond donors (Lipinski definition) is 1. The molecule has 3 nitrogen and oxygen atoms in total. The lowest BCUT2D eigenvalue weighted by molar-refractivity contribution is 0.0662. The second-order valence-electron chi connectivity index (χ2n) is 4.79. The van der Waals surface area contributed by atoms with Crippen LogP contribution in [-0.4, -0.2) is 26.4 Å². The topological polar surface area (TPSA) is 30.5 Å². The summed E-state index contributed by atoms with van der Waals surface area (Å²) in [4.78, 5) is 0. The van der Waals surface area contributed by atoms with Crippen LogP contribution < -0.4 is 10.1 Å². The molecule has 3 heteroatoms. The highest BCUT2D eigenvalue weighted by molar-refractivity contribution is 5.33. The van der Waals surface area contributed by atoms with Crippen LogP contribution >= 0.6 is 0 Å². The number of terminal acetylenes is 1. The lowest BCUT2D eigenvalue weighted by atomic mass is 10.0. The Labute approximate surface area is 115 Å². The maximum Gasteiger partial charge on any atom is 0.148 e. The summed E-state index contributed by atoms with van der Waals surface area (Å²) in [6, 6.07) is 8.02. The molecule has 0 aromatic heterocycles. The molecule has 1 heterocycles. The van der Waals surface area contributed by atoms with Gasteiger partial charge in [-0.1, -0.05) is 24.1 Å². The predicted octanol–water partition coefficient (Wildman–Crippen LogP) is 2.21.